The lowest BCUT2D eigenvalue weighted by Gasteiger charge is -2.43. The third-order valence-corrected chi connectivity index (χ3v) is 6.83. The molecule has 156 valence electrons. The number of hydrogen-bond donors (Lipinski definition) is 0. The van der Waals surface area contributed by atoms with E-state index in [0.717, 1.165) is 36.0 Å². The predicted molar refractivity (Wildman–Crippen MR) is 124 cm³/mol. The molecule has 4 rings (SSSR count). The SMILES string of the molecule is CC1(C)C=CC(C)(C)C2=C1CCC(COc1ccc(C=O)cc1-c1ccccc1)C2. The van der Waals surface area contributed by atoms with E-state index in [2.05, 4.69) is 52.0 Å². The van der Waals surface area contributed by atoms with Crippen molar-refractivity contribution in [1.82, 2.24) is 0 Å². The van der Waals surface area contributed by atoms with Crippen LogP contribution in [0.3, 0.4) is 0 Å². The van der Waals surface area contributed by atoms with Crippen LogP contribution in [0.25, 0.3) is 11.1 Å². The molecule has 2 aromatic rings. The molecule has 2 nitrogen and oxygen atoms in total. The number of benzene rings is 2. The van der Waals surface area contributed by atoms with Gasteiger partial charge in [0.1, 0.15) is 12.0 Å². The van der Waals surface area contributed by atoms with Gasteiger partial charge in [-0.25, -0.2) is 0 Å². The lowest BCUT2D eigenvalue weighted by molar-refractivity contribution is 0.112. The first-order valence-corrected chi connectivity index (χ1v) is 11.0. The average molecular weight is 401 g/mol. The van der Waals surface area contributed by atoms with Crippen LogP contribution in [0.5, 0.6) is 5.75 Å². The van der Waals surface area contributed by atoms with E-state index in [-0.39, 0.29) is 10.8 Å². The maximum Gasteiger partial charge on any atom is 0.150 e. The molecule has 0 spiro atoms. The van der Waals surface area contributed by atoms with Crippen LogP contribution in [0, 0.1) is 16.7 Å². The molecule has 0 saturated heterocycles. The van der Waals surface area contributed by atoms with Crippen LogP contribution >= 0.6 is 0 Å². The van der Waals surface area contributed by atoms with Crippen molar-refractivity contribution in [3.8, 4) is 16.9 Å². The van der Waals surface area contributed by atoms with Crippen LogP contribution < -0.4 is 4.74 Å². The summed E-state index contributed by atoms with van der Waals surface area (Å²) in [6, 6.07) is 15.9. The molecule has 1 atom stereocenters. The number of allylic oxidation sites excluding steroid dienone is 4. The van der Waals surface area contributed by atoms with Gasteiger partial charge < -0.3 is 4.74 Å². The topological polar surface area (TPSA) is 26.3 Å². The molecule has 0 N–H and O–H groups in total. The van der Waals surface area contributed by atoms with E-state index < -0.39 is 0 Å². The Hall–Kier alpha value is -2.61. The minimum atomic E-state index is 0.129. The van der Waals surface area contributed by atoms with Crippen LogP contribution in [0.1, 0.15) is 57.3 Å². The summed E-state index contributed by atoms with van der Waals surface area (Å²) in [5, 5.41) is 0. The van der Waals surface area contributed by atoms with E-state index in [1.807, 2.05) is 36.4 Å². The number of carbonyl (C=O) groups is 1. The van der Waals surface area contributed by atoms with E-state index in [4.69, 9.17) is 4.74 Å². The second-order valence-electron chi connectivity index (χ2n) is 9.89. The third kappa shape index (κ3) is 4.01. The Morgan fingerprint density at radius 3 is 2.37 bits per heavy atom. The molecule has 0 saturated carbocycles. The highest BCUT2D eigenvalue weighted by molar-refractivity contribution is 5.81. The minimum absolute atomic E-state index is 0.129. The summed E-state index contributed by atoms with van der Waals surface area (Å²) in [4.78, 5) is 11.3. The first-order chi connectivity index (χ1) is 14.3. The molecule has 30 heavy (non-hydrogen) atoms. The summed E-state index contributed by atoms with van der Waals surface area (Å²) in [5.74, 6) is 1.37. The van der Waals surface area contributed by atoms with Gasteiger partial charge in [-0.15, -0.1) is 0 Å². The van der Waals surface area contributed by atoms with E-state index in [1.54, 1.807) is 11.1 Å². The summed E-state index contributed by atoms with van der Waals surface area (Å²) >= 11 is 0. The Morgan fingerprint density at radius 2 is 1.67 bits per heavy atom. The third-order valence-electron chi connectivity index (χ3n) is 6.83. The minimum Gasteiger partial charge on any atom is -0.493 e. The molecular weight excluding hydrogens is 368 g/mol. The highest BCUT2D eigenvalue weighted by Gasteiger charge is 2.38. The molecule has 0 fully saturated rings. The summed E-state index contributed by atoms with van der Waals surface area (Å²) in [6.07, 6.45) is 9.10. The Balaban J connectivity index is 1.54. The van der Waals surface area contributed by atoms with Crippen LogP contribution in [0.15, 0.2) is 71.8 Å². The van der Waals surface area contributed by atoms with Gasteiger partial charge in [0.15, 0.2) is 0 Å². The number of aldehydes is 1. The molecule has 0 aliphatic heterocycles. The van der Waals surface area contributed by atoms with Gasteiger partial charge in [-0.3, -0.25) is 4.79 Å². The van der Waals surface area contributed by atoms with Crippen molar-refractivity contribution in [3.63, 3.8) is 0 Å². The van der Waals surface area contributed by atoms with Gasteiger partial charge in [-0.2, -0.15) is 0 Å². The zero-order valence-electron chi connectivity index (χ0n) is 18.6. The first kappa shape index (κ1) is 20.7. The van der Waals surface area contributed by atoms with Crippen molar-refractivity contribution in [2.45, 2.75) is 47.0 Å². The Kier molecular flexibility index (Phi) is 5.44. The van der Waals surface area contributed by atoms with E-state index >= 15 is 0 Å². The number of ether oxygens (including phenoxy) is 1. The maximum atomic E-state index is 11.3. The van der Waals surface area contributed by atoms with Crippen LogP contribution in [0.4, 0.5) is 0 Å². The average Bonchev–Trinajstić information content (AvgIpc) is 2.76. The van der Waals surface area contributed by atoms with Gasteiger partial charge in [0.2, 0.25) is 0 Å². The van der Waals surface area contributed by atoms with E-state index in [1.165, 1.54) is 6.42 Å². The smallest absolute Gasteiger partial charge is 0.150 e. The zero-order chi connectivity index (χ0) is 21.4. The number of rotatable bonds is 5. The molecule has 1 unspecified atom stereocenters. The van der Waals surface area contributed by atoms with Crippen molar-refractivity contribution in [3.05, 3.63) is 77.4 Å². The van der Waals surface area contributed by atoms with Gasteiger partial charge in [0.05, 0.1) is 6.61 Å². The molecule has 0 heterocycles. The summed E-state index contributed by atoms with van der Waals surface area (Å²) in [6.45, 7) is 10.1. The highest BCUT2D eigenvalue weighted by atomic mass is 16.5. The molecular formula is C28H32O2. The second kappa shape index (κ2) is 7.91. The Bertz CT molecular complexity index is 993. The van der Waals surface area contributed by atoms with Gasteiger partial charge >= 0.3 is 0 Å². The fourth-order valence-corrected chi connectivity index (χ4v) is 4.93. The van der Waals surface area contributed by atoms with Crippen LogP contribution in [-0.4, -0.2) is 12.9 Å². The monoisotopic (exact) mass is 400 g/mol. The molecule has 2 heteroatoms. The quantitative estimate of drug-likeness (QED) is 0.390. The molecule has 2 aliphatic rings. The van der Waals surface area contributed by atoms with Gasteiger partial charge in [0.25, 0.3) is 0 Å². The lowest BCUT2D eigenvalue weighted by Crippen LogP contribution is -2.32. The van der Waals surface area contributed by atoms with E-state index in [0.29, 0.717) is 18.1 Å². The van der Waals surface area contributed by atoms with Crippen molar-refractivity contribution < 1.29 is 9.53 Å². The van der Waals surface area contributed by atoms with Crippen molar-refractivity contribution >= 4 is 6.29 Å². The lowest BCUT2D eigenvalue weighted by atomic mass is 9.62. The number of carbonyl (C=O) groups excluding carboxylic acids is 1. The Labute approximate surface area is 180 Å². The van der Waals surface area contributed by atoms with Crippen molar-refractivity contribution in [1.29, 1.82) is 0 Å². The molecule has 2 aliphatic carbocycles. The van der Waals surface area contributed by atoms with Crippen LogP contribution in [-0.2, 0) is 0 Å². The highest BCUT2D eigenvalue weighted by Crippen LogP contribution is 2.51. The first-order valence-electron chi connectivity index (χ1n) is 11.0. The standard InChI is InChI=1S/C28H32O2/c1-27(2)14-15-28(3,4)25-17-21(10-12-24(25)27)19-30-26-13-11-20(18-29)16-23(26)22-8-6-5-7-9-22/h5-9,11,13-16,18,21H,10,12,17,19H2,1-4H3. The fraction of sp³-hybridized carbons (Fsp3) is 0.393. The molecule has 2 aromatic carbocycles. The fourth-order valence-electron chi connectivity index (χ4n) is 4.93. The van der Waals surface area contributed by atoms with E-state index in [9.17, 15) is 4.79 Å². The van der Waals surface area contributed by atoms with Crippen LogP contribution in [0.2, 0.25) is 0 Å². The molecule has 0 aromatic heterocycles. The predicted octanol–water partition coefficient (Wildman–Crippen LogP) is 7.26. The summed E-state index contributed by atoms with van der Waals surface area (Å²) in [5.41, 5.74) is 6.27. The molecule has 0 radical (unpaired) electrons. The van der Waals surface area contributed by atoms with Gasteiger partial charge in [-0.05, 0) is 48.9 Å². The summed E-state index contributed by atoms with van der Waals surface area (Å²) in [7, 11) is 0. The van der Waals surface area contributed by atoms with Gasteiger partial charge in [0, 0.05) is 22.0 Å². The summed E-state index contributed by atoms with van der Waals surface area (Å²) < 4.78 is 6.37. The Morgan fingerprint density at radius 1 is 0.967 bits per heavy atom. The van der Waals surface area contributed by atoms with Gasteiger partial charge in [-0.1, -0.05) is 81.3 Å². The maximum absolute atomic E-state index is 11.3. The normalized spacial score (nSPS) is 21.8. The zero-order valence-corrected chi connectivity index (χ0v) is 18.6. The molecule has 0 amide bonds. The number of hydrogen-bond acceptors (Lipinski definition) is 2. The van der Waals surface area contributed by atoms with Crippen molar-refractivity contribution in [2.24, 2.45) is 16.7 Å². The largest absolute Gasteiger partial charge is 0.493 e. The second-order valence-corrected chi connectivity index (χ2v) is 9.89. The van der Waals surface area contributed by atoms with Crippen molar-refractivity contribution in [2.75, 3.05) is 6.61 Å². The molecule has 0 bridgehead atoms.